The first-order valence-corrected chi connectivity index (χ1v) is 6.41. The second kappa shape index (κ2) is 4.92. The largest absolute Gasteiger partial charge is 0.341 e. The summed E-state index contributed by atoms with van der Waals surface area (Å²) in [5.41, 5.74) is 6.50. The minimum atomic E-state index is -0.813. The lowest BCUT2D eigenvalue weighted by Gasteiger charge is -2.19. The van der Waals surface area contributed by atoms with Gasteiger partial charge in [-0.3, -0.25) is 0 Å². The molecule has 0 saturated carbocycles. The summed E-state index contributed by atoms with van der Waals surface area (Å²) < 4.78 is 0. The van der Waals surface area contributed by atoms with E-state index in [1.54, 1.807) is 25.0 Å². The molecular formula is C11H14N6S. The molecule has 0 radical (unpaired) electrons. The lowest BCUT2D eigenvalue weighted by Crippen LogP contribution is -2.36. The Labute approximate surface area is 109 Å². The van der Waals surface area contributed by atoms with Gasteiger partial charge in [-0.15, -0.1) is 11.8 Å². The molecule has 2 rings (SSSR count). The maximum absolute atomic E-state index is 8.92. The predicted octanol–water partition coefficient (Wildman–Crippen LogP) is 1.46. The molecule has 0 saturated heterocycles. The van der Waals surface area contributed by atoms with Crippen LogP contribution < -0.4 is 5.73 Å². The number of hydrogen-bond acceptors (Lipinski definition) is 6. The van der Waals surface area contributed by atoms with E-state index in [9.17, 15) is 0 Å². The van der Waals surface area contributed by atoms with E-state index < -0.39 is 5.54 Å². The van der Waals surface area contributed by atoms with Crippen LogP contribution in [-0.4, -0.2) is 30.7 Å². The van der Waals surface area contributed by atoms with E-state index in [0.29, 0.717) is 12.1 Å². The summed E-state index contributed by atoms with van der Waals surface area (Å²) in [7, 11) is 0. The number of aromatic nitrogens is 4. The van der Waals surface area contributed by atoms with Gasteiger partial charge in [-0.25, -0.2) is 15.0 Å². The van der Waals surface area contributed by atoms with Crippen molar-refractivity contribution in [3.8, 4) is 6.07 Å². The van der Waals surface area contributed by atoms with Crippen molar-refractivity contribution in [2.24, 2.45) is 5.73 Å². The third kappa shape index (κ3) is 2.78. The molecule has 6 nitrogen and oxygen atoms in total. The summed E-state index contributed by atoms with van der Waals surface area (Å²) in [5, 5.41) is 9.94. The van der Waals surface area contributed by atoms with Crippen molar-refractivity contribution in [3.05, 3.63) is 12.7 Å². The van der Waals surface area contributed by atoms with Gasteiger partial charge in [0.15, 0.2) is 5.65 Å². The van der Waals surface area contributed by atoms with Gasteiger partial charge < -0.3 is 10.7 Å². The SMILES string of the molecule is CC(CC(C)(N)C#N)Sc1ncnc2nc[nH]c12. The van der Waals surface area contributed by atoms with Crippen LogP contribution in [0, 0.1) is 11.3 Å². The molecule has 0 bridgehead atoms. The molecule has 2 atom stereocenters. The van der Waals surface area contributed by atoms with E-state index >= 15 is 0 Å². The quantitative estimate of drug-likeness (QED) is 0.638. The van der Waals surface area contributed by atoms with Crippen molar-refractivity contribution in [1.29, 1.82) is 5.26 Å². The number of rotatable bonds is 4. The van der Waals surface area contributed by atoms with E-state index in [1.165, 1.54) is 6.33 Å². The second-order valence-corrected chi connectivity index (χ2v) is 5.87. The van der Waals surface area contributed by atoms with Gasteiger partial charge in [0.25, 0.3) is 0 Å². The van der Waals surface area contributed by atoms with Crippen LogP contribution in [0.2, 0.25) is 0 Å². The Kier molecular flexibility index (Phi) is 3.50. The summed E-state index contributed by atoms with van der Waals surface area (Å²) in [6.45, 7) is 3.76. The molecular weight excluding hydrogens is 248 g/mol. The zero-order chi connectivity index (χ0) is 13.2. The predicted molar refractivity (Wildman–Crippen MR) is 69.8 cm³/mol. The molecule has 2 aromatic heterocycles. The van der Waals surface area contributed by atoms with Crippen molar-refractivity contribution in [2.45, 2.75) is 36.1 Å². The Morgan fingerprint density at radius 1 is 1.56 bits per heavy atom. The lowest BCUT2D eigenvalue weighted by molar-refractivity contribution is 0.545. The van der Waals surface area contributed by atoms with Crippen molar-refractivity contribution < 1.29 is 0 Å². The molecule has 94 valence electrons. The van der Waals surface area contributed by atoms with Gasteiger partial charge >= 0.3 is 0 Å². The van der Waals surface area contributed by atoms with Gasteiger partial charge in [0.1, 0.15) is 22.4 Å². The summed E-state index contributed by atoms with van der Waals surface area (Å²) in [5.74, 6) is 0. The van der Waals surface area contributed by atoms with Crippen molar-refractivity contribution in [1.82, 2.24) is 19.9 Å². The van der Waals surface area contributed by atoms with E-state index in [1.807, 2.05) is 6.92 Å². The average Bonchev–Trinajstić information content (AvgIpc) is 2.77. The summed E-state index contributed by atoms with van der Waals surface area (Å²) >= 11 is 1.57. The third-order valence-electron chi connectivity index (χ3n) is 2.47. The zero-order valence-corrected chi connectivity index (χ0v) is 11.0. The van der Waals surface area contributed by atoms with Gasteiger partial charge in [0.2, 0.25) is 0 Å². The Hall–Kier alpha value is -1.65. The molecule has 0 fully saturated rings. The fraction of sp³-hybridized carbons (Fsp3) is 0.455. The van der Waals surface area contributed by atoms with Crippen LogP contribution in [0.1, 0.15) is 20.3 Å². The van der Waals surface area contributed by atoms with Crippen LogP contribution in [0.15, 0.2) is 17.7 Å². The van der Waals surface area contributed by atoms with Gasteiger partial charge in [-0.1, -0.05) is 6.92 Å². The van der Waals surface area contributed by atoms with Crippen molar-refractivity contribution >= 4 is 22.9 Å². The van der Waals surface area contributed by atoms with Crippen molar-refractivity contribution in [3.63, 3.8) is 0 Å². The highest BCUT2D eigenvalue weighted by atomic mass is 32.2. The summed E-state index contributed by atoms with van der Waals surface area (Å²) in [4.78, 5) is 15.4. The minimum Gasteiger partial charge on any atom is -0.341 e. The Bertz CT molecular complexity index is 584. The average molecular weight is 262 g/mol. The number of thioether (sulfide) groups is 1. The molecule has 0 aliphatic heterocycles. The Morgan fingerprint density at radius 2 is 2.33 bits per heavy atom. The molecule has 0 aliphatic rings. The van der Waals surface area contributed by atoms with Gasteiger partial charge in [-0.2, -0.15) is 5.26 Å². The number of nitrogens with zero attached hydrogens (tertiary/aromatic N) is 4. The monoisotopic (exact) mass is 262 g/mol. The number of nitriles is 1. The topological polar surface area (TPSA) is 104 Å². The lowest BCUT2D eigenvalue weighted by atomic mass is 10.00. The number of nitrogens with one attached hydrogen (secondary N) is 1. The third-order valence-corrected chi connectivity index (χ3v) is 3.57. The molecule has 0 spiro atoms. The minimum absolute atomic E-state index is 0.182. The summed E-state index contributed by atoms with van der Waals surface area (Å²) in [6.07, 6.45) is 3.67. The number of imidazole rings is 1. The van der Waals surface area contributed by atoms with Gasteiger partial charge in [0.05, 0.1) is 12.4 Å². The molecule has 2 unspecified atom stereocenters. The number of hydrogen-bond donors (Lipinski definition) is 2. The number of nitrogens with two attached hydrogens (primary N) is 1. The normalized spacial score (nSPS) is 16.1. The molecule has 18 heavy (non-hydrogen) atoms. The first-order chi connectivity index (χ1) is 8.52. The molecule has 0 amide bonds. The molecule has 0 aromatic carbocycles. The molecule has 7 heteroatoms. The van der Waals surface area contributed by atoms with E-state index in [4.69, 9.17) is 11.0 Å². The van der Waals surface area contributed by atoms with Gasteiger partial charge in [0, 0.05) is 5.25 Å². The van der Waals surface area contributed by atoms with Crippen LogP contribution in [0.3, 0.4) is 0 Å². The van der Waals surface area contributed by atoms with Crippen molar-refractivity contribution in [2.75, 3.05) is 0 Å². The molecule has 2 heterocycles. The fourth-order valence-corrected chi connectivity index (χ4v) is 2.89. The first kappa shape index (κ1) is 12.8. The standard InChI is InChI=1S/C11H14N6S/c1-7(3-11(2,13)4-12)18-10-8-9(15-5-14-8)16-6-17-10/h5-7H,3,13H2,1-2H3,(H,14,15,16,17). The number of H-pyrrole nitrogens is 1. The molecule has 3 N–H and O–H groups in total. The first-order valence-electron chi connectivity index (χ1n) is 5.53. The summed E-state index contributed by atoms with van der Waals surface area (Å²) in [6, 6.07) is 2.10. The van der Waals surface area contributed by atoms with E-state index in [0.717, 1.165) is 10.5 Å². The van der Waals surface area contributed by atoms with Crippen LogP contribution in [-0.2, 0) is 0 Å². The fourth-order valence-electron chi connectivity index (χ4n) is 1.71. The number of aromatic amines is 1. The second-order valence-electron chi connectivity index (χ2n) is 4.44. The molecule has 0 aliphatic carbocycles. The van der Waals surface area contributed by atoms with Crippen LogP contribution in [0.5, 0.6) is 0 Å². The van der Waals surface area contributed by atoms with Crippen LogP contribution in [0.25, 0.3) is 11.2 Å². The van der Waals surface area contributed by atoms with E-state index in [-0.39, 0.29) is 5.25 Å². The smallest absolute Gasteiger partial charge is 0.181 e. The Morgan fingerprint density at radius 3 is 3.06 bits per heavy atom. The van der Waals surface area contributed by atoms with E-state index in [2.05, 4.69) is 26.0 Å². The zero-order valence-electron chi connectivity index (χ0n) is 10.2. The maximum atomic E-state index is 8.92. The Balaban J connectivity index is 2.15. The van der Waals surface area contributed by atoms with Crippen LogP contribution in [0.4, 0.5) is 0 Å². The highest BCUT2D eigenvalue weighted by molar-refractivity contribution is 8.00. The molecule has 2 aromatic rings. The number of fused-ring (bicyclic) bond motifs is 1. The van der Waals surface area contributed by atoms with Gasteiger partial charge in [-0.05, 0) is 13.3 Å². The van der Waals surface area contributed by atoms with Crippen LogP contribution >= 0.6 is 11.8 Å². The maximum Gasteiger partial charge on any atom is 0.181 e. The highest BCUT2D eigenvalue weighted by Crippen LogP contribution is 2.29. The highest BCUT2D eigenvalue weighted by Gasteiger charge is 2.22.